The number of phenols is 1. The van der Waals surface area contributed by atoms with Crippen LogP contribution in [0, 0.1) is 0 Å². The highest BCUT2D eigenvalue weighted by Gasteiger charge is 2.18. The zero-order chi connectivity index (χ0) is 15.0. The van der Waals surface area contributed by atoms with E-state index in [1.807, 2.05) is 27.7 Å². The summed E-state index contributed by atoms with van der Waals surface area (Å²) >= 11 is 0. The fourth-order valence-electron chi connectivity index (χ4n) is 1.81. The highest BCUT2D eigenvalue weighted by molar-refractivity contribution is 5.53. The maximum absolute atomic E-state index is 10.1. The van der Waals surface area contributed by atoms with Gasteiger partial charge in [-0.15, -0.1) is 0 Å². The maximum Gasteiger partial charge on any atom is 0.200 e. The van der Waals surface area contributed by atoms with E-state index in [0.717, 1.165) is 5.56 Å². The molecule has 0 aliphatic heterocycles. The molecule has 5 heteroatoms. The third-order valence-corrected chi connectivity index (χ3v) is 2.57. The average molecular weight is 284 g/mol. The topological polar surface area (TPSA) is 57.2 Å². The third-order valence-electron chi connectivity index (χ3n) is 2.57. The van der Waals surface area contributed by atoms with Gasteiger partial charge >= 0.3 is 0 Å². The molecule has 1 rings (SSSR count). The molecular weight excluding hydrogens is 260 g/mol. The van der Waals surface area contributed by atoms with Crippen molar-refractivity contribution in [2.24, 2.45) is 0 Å². The van der Waals surface area contributed by atoms with E-state index < -0.39 is 6.29 Å². The largest absolute Gasteiger partial charge is 0.502 e. The molecule has 1 aromatic rings. The second-order valence-corrected chi connectivity index (χ2v) is 3.97. The van der Waals surface area contributed by atoms with Gasteiger partial charge in [0.25, 0.3) is 0 Å². The van der Waals surface area contributed by atoms with E-state index in [9.17, 15) is 5.11 Å². The lowest BCUT2D eigenvalue weighted by molar-refractivity contribution is -0.140. The van der Waals surface area contributed by atoms with Gasteiger partial charge in [0.05, 0.1) is 13.2 Å². The van der Waals surface area contributed by atoms with Crippen LogP contribution in [0.5, 0.6) is 17.2 Å². The lowest BCUT2D eigenvalue weighted by Gasteiger charge is -2.20. The van der Waals surface area contributed by atoms with Crippen LogP contribution in [-0.4, -0.2) is 31.5 Å². The smallest absolute Gasteiger partial charge is 0.200 e. The van der Waals surface area contributed by atoms with Crippen molar-refractivity contribution in [2.45, 2.75) is 34.0 Å². The van der Waals surface area contributed by atoms with Crippen molar-refractivity contribution < 1.29 is 24.1 Å². The first-order valence-electron chi connectivity index (χ1n) is 7.03. The monoisotopic (exact) mass is 284 g/mol. The molecule has 5 nitrogen and oxygen atoms in total. The number of rotatable bonds is 9. The summed E-state index contributed by atoms with van der Waals surface area (Å²) < 4.78 is 22.0. The van der Waals surface area contributed by atoms with Gasteiger partial charge in [0.2, 0.25) is 5.75 Å². The van der Waals surface area contributed by atoms with Gasteiger partial charge in [-0.25, -0.2) is 0 Å². The van der Waals surface area contributed by atoms with E-state index >= 15 is 0 Å². The zero-order valence-electron chi connectivity index (χ0n) is 12.6. The van der Waals surface area contributed by atoms with Gasteiger partial charge in [0.15, 0.2) is 17.8 Å². The summed E-state index contributed by atoms with van der Waals surface area (Å²) in [6.07, 6.45) is -0.496. The second-order valence-electron chi connectivity index (χ2n) is 3.97. The Morgan fingerprint density at radius 2 is 1.30 bits per heavy atom. The molecule has 0 fully saturated rings. The van der Waals surface area contributed by atoms with Gasteiger partial charge in [-0.3, -0.25) is 0 Å². The van der Waals surface area contributed by atoms with Crippen molar-refractivity contribution in [2.75, 3.05) is 26.4 Å². The highest BCUT2D eigenvalue weighted by atomic mass is 16.7. The predicted molar refractivity (Wildman–Crippen MR) is 76.4 cm³/mol. The summed E-state index contributed by atoms with van der Waals surface area (Å²) in [5.41, 5.74) is 0.762. The summed E-state index contributed by atoms with van der Waals surface area (Å²) in [5.74, 6) is 0.750. The van der Waals surface area contributed by atoms with Crippen LogP contribution >= 0.6 is 0 Å². The van der Waals surface area contributed by atoms with Gasteiger partial charge in [0.1, 0.15) is 0 Å². The third kappa shape index (κ3) is 4.28. The summed E-state index contributed by atoms with van der Waals surface area (Å²) in [6, 6.07) is 3.44. The van der Waals surface area contributed by atoms with E-state index in [0.29, 0.717) is 37.9 Å². The van der Waals surface area contributed by atoms with Gasteiger partial charge in [-0.05, 0) is 39.8 Å². The summed E-state index contributed by atoms with van der Waals surface area (Å²) in [5, 5.41) is 10.1. The normalized spacial score (nSPS) is 10.8. The van der Waals surface area contributed by atoms with Crippen LogP contribution in [0.2, 0.25) is 0 Å². The standard InChI is InChI=1S/C15H24O5/c1-5-17-12-9-11(15(19-7-3)20-8-4)10-13(14(12)16)18-6-2/h9-10,15-16H,5-8H2,1-4H3. The summed E-state index contributed by atoms with van der Waals surface area (Å²) in [6.45, 7) is 9.48. The average Bonchev–Trinajstić information content (AvgIpc) is 2.43. The van der Waals surface area contributed by atoms with Crippen LogP contribution in [0.1, 0.15) is 39.5 Å². The lowest BCUT2D eigenvalue weighted by atomic mass is 10.1. The molecule has 0 saturated heterocycles. The fourth-order valence-corrected chi connectivity index (χ4v) is 1.81. The van der Waals surface area contributed by atoms with E-state index in [1.54, 1.807) is 12.1 Å². The number of phenolic OH excluding ortho intramolecular Hbond substituents is 1. The minimum Gasteiger partial charge on any atom is -0.502 e. The van der Waals surface area contributed by atoms with Gasteiger partial charge < -0.3 is 24.1 Å². The van der Waals surface area contributed by atoms with Crippen LogP contribution in [0.15, 0.2) is 12.1 Å². The maximum atomic E-state index is 10.1. The van der Waals surface area contributed by atoms with Crippen molar-refractivity contribution in [1.82, 2.24) is 0 Å². The molecule has 0 atom stereocenters. The highest BCUT2D eigenvalue weighted by Crippen LogP contribution is 2.40. The fraction of sp³-hybridized carbons (Fsp3) is 0.600. The quantitative estimate of drug-likeness (QED) is 0.705. The van der Waals surface area contributed by atoms with Crippen LogP contribution in [0.3, 0.4) is 0 Å². The van der Waals surface area contributed by atoms with Crippen LogP contribution in [-0.2, 0) is 9.47 Å². The Bertz CT molecular complexity index is 372. The number of hydrogen-bond donors (Lipinski definition) is 1. The number of benzene rings is 1. The number of ether oxygens (including phenoxy) is 4. The minimum absolute atomic E-state index is 0.00389. The van der Waals surface area contributed by atoms with Crippen molar-refractivity contribution in [3.63, 3.8) is 0 Å². The molecule has 1 N–H and O–H groups in total. The molecule has 20 heavy (non-hydrogen) atoms. The Labute approximate surface area is 120 Å². The Morgan fingerprint density at radius 3 is 1.65 bits per heavy atom. The number of hydrogen-bond acceptors (Lipinski definition) is 5. The molecule has 0 radical (unpaired) electrons. The first-order chi connectivity index (χ1) is 9.67. The van der Waals surface area contributed by atoms with Crippen LogP contribution in [0.25, 0.3) is 0 Å². The first kappa shape index (κ1) is 16.6. The Morgan fingerprint density at radius 1 is 0.850 bits per heavy atom. The van der Waals surface area contributed by atoms with Crippen molar-refractivity contribution >= 4 is 0 Å². The SMILES string of the molecule is CCOc1cc(C(OCC)OCC)cc(OCC)c1O. The molecule has 0 bridgehead atoms. The summed E-state index contributed by atoms with van der Waals surface area (Å²) in [4.78, 5) is 0. The number of aromatic hydroxyl groups is 1. The zero-order valence-corrected chi connectivity index (χ0v) is 12.6. The lowest BCUT2D eigenvalue weighted by Crippen LogP contribution is -2.10. The molecule has 0 aliphatic carbocycles. The molecule has 0 aromatic heterocycles. The Hall–Kier alpha value is -1.46. The molecule has 0 unspecified atom stereocenters. The van der Waals surface area contributed by atoms with E-state index in [-0.39, 0.29) is 5.75 Å². The van der Waals surface area contributed by atoms with Crippen LogP contribution < -0.4 is 9.47 Å². The summed E-state index contributed by atoms with van der Waals surface area (Å²) in [7, 11) is 0. The second kappa shape index (κ2) is 8.66. The molecule has 1 aromatic carbocycles. The molecule has 114 valence electrons. The van der Waals surface area contributed by atoms with E-state index in [4.69, 9.17) is 18.9 Å². The Balaban J connectivity index is 3.15. The van der Waals surface area contributed by atoms with Crippen molar-refractivity contribution in [3.8, 4) is 17.2 Å². The van der Waals surface area contributed by atoms with Crippen LogP contribution in [0.4, 0.5) is 0 Å². The molecular formula is C15H24O5. The van der Waals surface area contributed by atoms with Gasteiger partial charge in [-0.2, -0.15) is 0 Å². The molecule has 0 aliphatic rings. The van der Waals surface area contributed by atoms with E-state index in [2.05, 4.69) is 0 Å². The molecule has 0 spiro atoms. The van der Waals surface area contributed by atoms with E-state index in [1.165, 1.54) is 0 Å². The molecule has 0 saturated carbocycles. The molecule has 0 amide bonds. The van der Waals surface area contributed by atoms with Crippen molar-refractivity contribution in [1.29, 1.82) is 0 Å². The first-order valence-corrected chi connectivity index (χ1v) is 7.03. The van der Waals surface area contributed by atoms with Gasteiger partial charge in [-0.1, -0.05) is 0 Å². The molecule has 0 heterocycles. The van der Waals surface area contributed by atoms with Crippen molar-refractivity contribution in [3.05, 3.63) is 17.7 Å². The minimum atomic E-state index is -0.496. The Kier molecular flexibility index (Phi) is 7.18. The predicted octanol–water partition coefficient (Wildman–Crippen LogP) is 3.26. The van der Waals surface area contributed by atoms with Gasteiger partial charge in [0, 0.05) is 18.8 Å².